The van der Waals surface area contributed by atoms with Crippen molar-refractivity contribution in [2.24, 2.45) is 5.10 Å². The molecule has 32 heavy (non-hydrogen) atoms. The van der Waals surface area contributed by atoms with E-state index in [1.807, 2.05) is 43.3 Å². The first kappa shape index (κ1) is 23.0. The summed E-state index contributed by atoms with van der Waals surface area (Å²) in [5.41, 5.74) is 6.63. The highest BCUT2D eigenvalue weighted by Gasteiger charge is 2.05. The molecule has 0 saturated heterocycles. The summed E-state index contributed by atoms with van der Waals surface area (Å²) < 4.78 is 5.78. The number of carbonyl (C=O) groups is 1. The zero-order chi connectivity index (χ0) is 22.8. The molecular formula is C24H23N3O4S. The van der Waals surface area contributed by atoms with Crippen molar-refractivity contribution in [2.75, 3.05) is 5.75 Å². The Morgan fingerprint density at radius 3 is 2.34 bits per heavy atom. The van der Waals surface area contributed by atoms with Crippen LogP contribution >= 0.6 is 11.8 Å². The van der Waals surface area contributed by atoms with Gasteiger partial charge >= 0.3 is 0 Å². The molecule has 1 amide bonds. The first-order valence-corrected chi connectivity index (χ1v) is 11.1. The fourth-order valence-corrected chi connectivity index (χ4v) is 3.47. The van der Waals surface area contributed by atoms with Gasteiger partial charge < -0.3 is 4.74 Å². The summed E-state index contributed by atoms with van der Waals surface area (Å²) in [6, 6.07) is 21.9. The molecule has 0 spiro atoms. The zero-order valence-electron chi connectivity index (χ0n) is 17.6. The van der Waals surface area contributed by atoms with Gasteiger partial charge in [0.1, 0.15) is 12.4 Å². The van der Waals surface area contributed by atoms with Gasteiger partial charge in [-0.05, 0) is 47.9 Å². The lowest BCUT2D eigenvalue weighted by Gasteiger charge is -2.07. The monoisotopic (exact) mass is 449 g/mol. The number of rotatable bonds is 10. The molecule has 1 N–H and O–H groups in total. The molecule has 7 nitrogen and oxygen atoms in total. The third-order valence-corrected chi connectivity index (χ3v) is 5.46. The molecule has 0 aliphatic heterocycles. The highest BCUT2D eigenvalue weighted by molar-refractivity contribution is 7.99. The third kappa shape index (κ3) is 7.55. The van der Waals surface area contributed by atoms with Crippen molar-refractivity contribution in [1.29, 1.82) is 0 Å². The minimum Gasteiger partial charge on any atom is -0.489 e. The Morgan fingerprint density at radius 2 is 1.69 bits per heavy atom. The van der Waals surface area contributed by atoms with Crippen LogP contribution in [0.15, 0.2) is 77.9 Å². The molecule has 0 saturated carbocycles. The second kappa shape index (κ2) is 11.7. The molecule has 0 bridgehead atoms. The minimum absolute atomic E-state index is 0.0525. The van der Waals surface area contributed by atoms with E-state index in [1.54, 1.807) is 18.3 Å². The van der Waals surface area contributed by atoms with Gasteiger partial charge in [-0.15, -0.1) is 11.8 Å². The molecule has 8 heteroatoms. The number of aryl methyl sites for hydroxylation is 1. The number of nitrogens with zero attached hydrogens (tertiary/aromatic N) is 2. The van der Waals surface area contributed by atoms with Crippen molar-refractivity contribution in [3.63, 3.8) is 0 Å². The number of benzene rings is 3. The Labute approximate surface area is 190 Å². The van der Waals surface area contributed by atoms with Crippen LogP contribution in [0.2, 0.25) is 0 Å². The smallest absolute Gasteiger partial charge is 0.269 e. The Hall–Kier alpha value is -3.65. The SMILES string of the molecule is Cc1ccc(COc2ccc(/C=N/NC(=O)CSCc3ccc([N+](=O)[O-])cc3)cc2)cc1. The number of nitrogens with one attached hydrogen (secondary N) is 1. The van der Waals surface area contributed by atoms with Crippen LogP contribution in [0, 0.1) is 17.0 Å². The first-order chi connectivity index (χ1) is 15.5. The number of hydrogen-bond acceptors (Lipinski definition) is 6. The Bertz CT molecular complexity index is 1070. The van der Waals surface area contributed by atoms with Crippen molar-refractivity contribution >= 4 is 29.6 Å². The molecule has 164 valence electrons. The van der Waals surface area contributed by atoms with E-state index >= 15 is 0 Å². The zero-order valence-corrected chi connectivity index (χ0v) is 18.4. The maximum Gasteiger partial charge on any atom is 0.269 e. The van der Waals surface area contributed by atoms with Gasteiger partial charge in [0.05, 0.1) is 16.9 Å². The van der Waals surface area contributed by atoms with E-state index in [1.165, 1.54) is 29.5 Å². The van der Waals surface area contributed by atoms with Crippen molar-refractivity contribution in [3.05, 3.63) is 105 Å². The van der Waals surface area contributed by atoms with Crippen molar-refractivity contribution in [2.45, 2.75) is 19.3 Å². The predicted octanol–water partition coefficient (Wildman–Crippen LogP) is 4.87. The Kier molecular flexibility index (Phi) is 8.39. The number of hydrazone groups is 1. The number of non-ortho nitro benzene ring substituents is 1. The average Bonchev–Trinajstić information content (AvgIpc) is 2.80. The summed E-state index contributed by atoms with van der Waals surface area (Å²) >= 11 is 1.41. The highest BCUT2D eigenvalue weighted by Crippen LogP contribution is 2.17. The minimum atomic E-state index is -0.436. The quantitative estimate of drug-likeness (QED) is 0.271. The molecule has 0 aromatic heterocycles. The molecule has 3 aromatic rings. The lowest BCUT2D eigenvalue weighted by molar-refractivity contribution is -0.384. The second-order valence-corrected chi connectivity index (χ2v) is 8.04. The molecular weight excluding hydrogens is 426 g/mol. The van der Waals surface area contributed by atoms with E-state index in [9.17, 15) is 14.9 Å². The van der Waals surface area contributed by atoms with E-state index in [2.05, 4.69) is 22.7 Å². The van der Waals surface area contributed by atoms with Crippen LogP contribution in [-0.2, 0) is 17.2 Å². The van der Waals surface area contributed by atoms with Gasteiger partial charge in [0, 0.05) is 17.9 Å². The topological polar surface area (TPSA) is 93.8 Å². The van der Waals surface area contributed by atoms with E-state index in [4.69, 9.17) is 4.74 Å². The number of nitro groups is 1. The maximum atomic E-state index is 11.9. The molecule has 0 unspecified atom stereocenters. The number of nitro benzene ring substituents is 1. The average molecular weight is 450 g/mol. The summed E-state index contributed by atoms with van der Waals surface area (Å²) in [5, 5.41) is 14.6. The lowest BCUT2D eigenvalue weighted by Crippen LogP contribution is -2.19. The van der Waals surface area contributed by atoms with Crippen molar-refractivity contribution in [3.8, 4) is 5.75 Å². The van der Waals surface area contributed by atoms with Gasteiger partial charge in [0.2, 0.25) is 5.91 Å². The Balaban J connectivity index is 1.36. The van der Waals surface area contributed by atoms with Crippen LogP contribution in [-0.4, -0.2) is 22.8 Å². The van der Waals surface area contributed by atoms with Gasteiger partial charge in [-0.1, -0.05) is 42.0 Å². The highest BCUT2D eigenvalue weighted by atomic mass is 32.2. The summed E-state index contributed by atoms with van der Waals surface area (Å²) in [6.07, 6.45) is 1.57. The van der Waals surface area contributed by atoms with Crippen LogP contribution in [0.4, 0.5) is 5.69 Å². The number of hydrogen-bond donors (Lipinski definition) is 1. The molecule has 3 rings (SSSR count). The Morgan fingerprint density at radius 1 is 1.03 bits per heavy atom. The van der Waals surface area contributed by atoms with Crippen LogP contribution in [0.25, 0.3) is 0 Å². The van der Waals surface area contributed by atoms with E-state index in [0.29, 0.717) is 12.4 Å². The van der Waals surface area contributed by atoms with E-state index in [-0.39, 0.29) is 17.3 Å². The standard InChI is InChI=1S/C24H23N3O4S/c1-18-2-4-20(5-3-18)15-31-23-12-8-19(9-13-23)14-25-26-24(28)17-32-16-21-6-10-22(11-7-21)27(29)30/h2-14H,15-17H2,1H3,(H,26,28)/b25-14+. The van der Waals surface area contributed by atoms with Gasteiger partial charge in [-0.3, -0.25) is 14.9 Å². The largest absolute Gasteiger partial charge is 0.489 e. The molecule has 3 aromatic carbocycles. The first-order valence-electron chi connectivity index (χ1n) is 9.91. The summed E-state index contributed by atoms with van der Waals surface area (Å²) in [6.45, 7) is 2.55. The van der Waals surface area contributed by atoms with Crippen LogP contribution in [0.1, 0.15) is 22.3 Å². The molecule has 0 heterocycles. The van der Waals surface area contributed by atoms with Gasteiger partial charge in [-0.25, -0.2) is 5.43 Å². The molecule has 0 aliphatic rings. The van der Waals surface area contributed by atoms with Crippen LogP contribution in [0.3, 0.4) is 0 Å². The number of ether oxygens (including phenoxy) is 1. The summed E-state index contributed by atoms with van der Waals surface area (Å²) in [5.74, 6) is 1.36. The second-order valence-electron chi connectivity index (χ2n) is 7.05. The molecule has 0 aliphatic carbocycles. The molecule has 0 atom stereocenters. The molecule has 0 fully saturated rings. The van der Waals surface area contributed by atoms with E-state index < -0.39 is 4.92 Å². The lowest BCUT2D eigenvalue weighted by atomic mass is 10.2. The number of thioether (sulfide) groups is 1. The number of carbonyl (C=O) groups excluding carboxylic acids is 1. The van der Waals surface area contributed by atoms with Crippen LogP contribution in [0.5, 0.6) is 5.75 Å². The van der Waals surface area contributed by atoms with Gasteiger partial charge in [0.25, 0.3) is 5.69 Å². The predicted molar refractivity (Wildman–Crippen MR) is 127 cm³/mol. The fourth-order valence-electron chi connectivity index (χ4n) is 2.69. The normalized spacial score (nSPS) is 10.8. The summed E-state index contributed by atoms with van der Waals surface area (Å²) in [4.78, 5) is 22.1. The molecule has 0 radical (unpaired) electrons. The van der Waals surface area contributed by atoms with Crippen molar-refractivity contribution in [1.82, 2.24) is 5.43 Å². The fraction of sp³-hybridized carbons (Fsp3) is 0.167. The number of amides is 1. The van der Waals surface area contributed by atoms with Gasteiger partial charge in [-0.2, -0.15) is 5.10 Å². The summed E-state index contributed by atoms with van der Waals surface area (Å²) in [7, 11) is 0. The van der Waals surface area contributed by atoms with Crippen molar-refractivity contribution < 1.29 is 14.5 Å². The maximum absolute atomic E-state index is 11.9. The third-order valence-electron chi connectivity index (χ3n) is 4.46. The van der Waals surface area contributed by atoms with Crippen LogP contribution < -0.4 is 10.2 Å². The van der Waals surface area contributed by atoms with E-state index in [0.717, 1.165) is 22.4 Å². The van der Waals surface area contributed by atoms with Gasteiger partial charge in [0.15, 0.2) is 0 Å².